The topological polar surface area (TPSA) is 108 Å². The van der Waals surface area contributed by atoms with Crippen LogP contribution in [0.5, 0.6) is 0 Å². The quantitative estimate of drug-likeness (QED) is 0.101. The van der Waals surface area contributed by atoms with Crippen LogP contribution in [0.25, 0.3) is 109 Å². The first-order valence-corrected chi connectivity index (χ1v) is 84.3. The molecular weight excluding hydrogens is 2080 g/mol. The summed E-state index contributed by atoms with van der Waals surface area (Å²) < 4.78 is 31.9. The fourth-order valence-corrected chi connectivity index (χ4v) is 250. The molecule has 0 radical (unpaired) electrons. The summed E-state index contributed by atoms with van der Waals surface area (Å²) in [7, 11) is 54.8. The summed E-state index contributed by atoms with van der Waals surface area (Å²) in [4.78, 5) is 18.5. The summed E-state index contributed by atoms with van der Waals surface area (Å²) >= 11 is 18.6. The molecule has 9 nitrogen and oxygen atoms in total. The number of nitrogens with zero attached hydrogens (tertiary/aromatic N) is 8. The number of aromatic amines is 1. The van der Waals surface area contributed by atoms with Gasteiger partial charge in [-0.3, -0.25) is 9.97 Å². The SMILES string of the molecule is PP(P)P(P(P)P)P(P(P)P)P(P(P)P)P(P)P.S=S=S=S=S=S=S=S=S.S=S=S=S=S=S=S=S=S=S.[C-]#[N+]c1cncc(-n2c3ccccc3c3ccccc32)c1-c1c(C#N)cccc1-n1c2ccccc2c2ccccc21.[C-]#[N+]c1cncc(F)c1-c1c(F)cccc1C#N.c1ccc2c(c1)[nH]c1ccccc12. The third kappa shape index (κ3) is 26.4. The zero-order valence-corrected chi connectivity index (χ0v) is 89.8. The summed E-state index contributed by atoms with van der Waals surface area (Å²) in [6.07, 6.45) is 5.44. The Bertz CT molecular complexity index is 5990. The molecule has 0 aliphatic heterocycles. The molecule has 0 fully saturated rings. The van der Waals surface area contributed by atoms with E-state index in [4.69, 9.17) is 18.4 Å². The molecule has 0 spiro atoms. The van der Waals surface area contributed by atoms with Gasteiger partial charge in [0.15, 0.2) is 0 Å². The van der Waals surface area contributed by atoms with Gasteiger partial charge in [0, 0.05) is 262 Å². The molecule has 5 aromatic heterocycles. The van der Waals surface area contributed by atoms with Crippen LogP contribution in [0.4, 0.5) is 20.2 Å². The normalized spacial score (nSPS) is 10.6. The Morgan fingerprint density at radius 3 is 1.05 bits per heavy atom. The number of halogens is 2. The molecule has 0 amide bonds. The van der Waals surface area contributed by atoms with Crippen molar-refractivity contribution < 1.29 is 8.78 Å². The van der Waals surface area contributed by atoms with Crippen LogP contribution in [0.15, 0.2) is 207 Å². The molecule has 10 unspecified atom stereocenters. The van der Waals surface area contributed by atoms with Crippen molar-refractivity contribution in [1.82, 2.24) is 24.1 Å². The van der Waals surface area contributed by atoms with E-state index in [-0.39, 0.29) is 78.3 Å². The molecule has 0 bridgehead atoms. The average Bonchev–Trinajstić information content (AvgIpc) is 1.56. The molecule has 0 aliphatic carbocycles. The minimum absolute atomic E-state index is 0.0231. The Balaban J connectivity index is 0.000000187. The first kappa shape index (κ1) is 96.7. The van der Waals surface area contributed by atoms with Gasteiger partial charge >= 0.3 is 0 Å². The molecule has 13 aromatic rings. The average molecular weight is 2130 g/mol. The second-order valence-corrected chi connectivity index (χ2v) is 117. The van der Waals surface area contributed by atoms with Crippen molar-refractivity contribution in [2.45, 2.75) is 0 Å². The van der Waals surface area contributed by atoms with Gasteiger partial charge in [0.1, 0.15) is 11.6 Å². The maximum atomic E-state index is 13.8. The summed E-state index contributed by atoms with van der Waals surface area (Å²) in [5.41, 5.74) is 9.79. The zero-order chi connectivity index (χ0) is 79.2. The fourth-order valence-electron chi connectivity index (χ4n) is 10.8. The van der Waals surface area contributed by atoms with Crippen molar-refractivity contribution in [3.8, 4) is 45.8 Å². The number of rotatable bonds is 11. The second-order valence-electron chi connectivity index (χ2n) is 20.6. The number of nitrogens with one attached hydrogen (secondary N) is 1. The fraction of sp³-hybridized carbons (Fsp3) is 0. The summed E-state index contributed by atoms with van der Waals surface area (Å²) in [5.74, 6) is -1.57. The van der Waals surface area contributed by atoms with Gasteiger partial charge in [-0.05, 0) is 117 Å². The lowest BCUT2D eigenvalue weighted by Crippen LogP contribution is -2.04. The minimum atomic E-state index is -0.829. The largest absolute Gasteiger partial charge is 0.355 e. The van der Waals surface area contributed by atoms with Crippen LogP contribution in [0.2, 0.25) is 0 Å². The number of nitriles is 2. The molecular formula is C62H55F2N9P18S19. The van der Waals surface area contributed by atoms with Gasteiger partial charge in [0.05, 0.1) is 76.0 Å². The lowest BCUT2D eigenvalue weighted by Gasteiger charge is -2.43. The van der Waals surface area contributed by atoms with Crippen LogP contribution in [-0.2, 0) is 178 Å². The maximum absolute atomic E-state index is 13.8. The minimum Gasteiger partial charge on any atom is -0.355 e. The van der Waals surface area contributed by atoms with Crippen LogP contribution >= 0.6 is 145 Å². The van der Waals surface area contributed by atoms with Gasteiger partial charge < -0.3 is 14.1 Å². The summed E-state index contributed by atoms with van der Waals surface area (Å²) in [6, 6.07) is 63.8. The van der Waals surface area contributed by atoms with Crippen LogP contribution in [0, 0.1) is 47.4 Å². The number of hydrogen-bond acceptors (Lipinski definition) is 8. The van der Waals surface area contributed by atoms with Gasteiger partial charge in [0.25, 0.3) is 0 Å². The van der Waals surface area contributed by atoms with Gasteiger partial charge in [-0.25, -0.2) is 18.5 Å². The van der Waals surface area contributed by atoms with Crippen LogP contribution in [-0.4, -0.2) is 24.1 Å². The highest BCUT2D eigenvalue weighted by Crippen LogP contribution is 3.28. The van der Waals surface area contributed by atoms with E-state index in [1.165, 1.54) is 69.5 Å². The van der Waals surface area contributed by atoms with E-state index in [0.717, 1.165) is 73.4 Å². The zero-order valence-electron chi connectivity index (χ0n) is 55.6. The Morgan fingerprint density at radius 1 is 0.355 bits per heavy atom. The molecule has 110 heavy (non-hydrogen) atoms. The van der Waals surface area contributed by atoms with E-state index in [9.17, 15) is 14.0 Å². The highest BCUT2D eigenvalue weighted by atomic mass is 33.4. The number of para-hydroxylation sites is 6. The molecule has 13 rings (SSSR count). The molecule has 48 heteroatoms. The second kappa shape index (κ2) is 51.8. The van der Waals surface area contributed by atoms with Crippen molar-refractivity contribution in [2.24, 2.45) is 0 Å². The van der Waals surface area contributed by atoms with E-state index in [1.54, 1.807) is 110 Å². The monoisotopic (exact) mass is 2130 g/mol. The number of hydrogen-bond donors (Lipinski definition) is 1. The summed E-state index contributed by atoms with van der Waals surface area (Å²) in [6.45, 7) is 15.8. The van der Waals surface area contributed by atoms with Crippen molar-refractivity contribution in [3.63, 3.8) is 0 Å². The van der Waals surface area contributed by atoms with E-state index in [0.29, 0.717) is 22.4 Å². The van der Waals surface area contributed by atoms with Gasteiger partial charge in [-0.2, -0.15) is 10.5 Å². The van der Waals surface area contributed by atoms with Gasteiger partial charge in [-0.15, -0.1) is 89.3 Å². The first-order chi connectivity index (χ1) is 53.4. The third-order valence-corrected chi connectivity index (χ3v) is 152. The summed E-state index contributed by atoms with van der Waals surface area (Å²) in [5, 5.41) is 26.5. The van der Waals surface area contributed by atoms with Crippen molar-refractivity contribution >= 4 is 400 Å². The molecule has 10 atom stereocenters. The Hall–Kier alpha value is 1.20. The highest BCUT2D eigenvalue weighted by molar-refractivity contribution is 9.33. The molecule has 1 N–H and O–H groups in total. The molecule has 0 saturated carbocycles. The third-order valence-electron chi connectivity index (χ3n) is 14.6. The number of benzene rings is 8. The maximum Gasteiger partial charge on any atom is 0.215 e. The number of H-pyrrole nitrogens is 1. The molecule has 0 aliphatic rings. The standard InChI is InChI=1S/C37H21N5.C13H5F2N3.C12H9N.H20P18.S10.S9/c1-39-29-22-40-23-35(42-32-18-8-4-14-27(32)28-15-5-9-19-33(28)42)37(29)36-24(21-38)11-10-20-34(36)41-30-16-6-2-12-25(30)26-13-3-7-17-31(26)41;1-17-11-7-18-6-10(15)13(11)12-8(5-16)3-2-4-9(12)14;1-3-7-11-9(5-1)10-6-2-4-8-12(10)13-11;1-11(2)16(12(3)4)18(15(9)10)17(13(5)6)14(7)8;1-3-5-7-9-10-8-6-4-2;1-3-5-7-9-8-6-4-2/h2-20,22-23H;2-4,6-7H;1-8,13H;1-10H2;;. The van der Waals surface area contributed by atoms with E-state index in [1.807, 2.05) is 72.9 Å². The predicted molar refractivity (Wildman–Crippen MR) is 578 cm³/mol. The number of pyridine rings is 2. The smallest absolute Gasteiger partial charge is 0.215 e. The van der Waals surface area contributed by atoms with E-state index < -0.39 is 11.6 Å². The Morgan fingerprint density at radius 2 is 0.682 bits per heavy atom. The highest BCUT2D eigenvalue weighted by Gasteiger charge is 2.39. The van der Waals surface area contributed by atoms with Gasteiger partial charge in [-0.1, -0.05) is 121 Å². The number of fused-ring (bicyclic) bond motifs is 9. The molecule has 566 valence electrons. The molecule has 0 saturated heterocycles. The van der Waals surface area contributed by atoms with Crippen LogP contribution in [0.1, 0.15) is 11.1 Å². The van der Waals surface area contributed by atoms with Crippen molar-refractivity contribution in [2.75, 3.05) is 0 Å². The lowest BCUT2D eigenvalue weighted by atomic mass is 9.95. The molecule has 5 heterocycles. The van der Waals surface area contributed by atoms with Crippen molar-refractivity contribution in [3.05, 3.63) is 252 Å². The molecule has 8 aromatic carbocycles. The van der Waals surface area contributed by atoms with Crippen LogP contribution < -0.4 is 0 Å². The predicted octanol–water partition coefficient (Wildman–Crippen LogP) is 26.2. The van der Waals surface area contributed by atoms with Gasteiger partial charge in [0.2, 0.25) is 11.4 Å². The van der Waals surface area contributed by atoms with Crippen LogP contribution in [0.3, 0.4) is 0 Å². The Labute approximate surface area is 731 Å². The van der Waals surface area contributed by atoms with Crippen molar-refractivity contribution in [1.29, 1.82) is 10.5 Å². The van der Waals surface area contributed by atoms with E-state index in [2.05, 4.69) is 271 Å². The lowest BCUT2D eigenvalue weighted by molar-refractivity contribution is 0.613. The first-order valence-electron chi connectivity index (χ1n) is 29.8. The Kier molecular flexibility index (Phi) is 45.6. The van der Waals surface area contributed by atoms with E-state index >= 15 is 0 Å². The number of aromatic nitrogens is 5.